The molecule has 0 aliphatic heterocycles. The van der Waals surface area contributed by atoms with E-state index in [9.17, 15) is 4.79 Å². The zero-order valence-electron chi connectivity index (χ0n) is 15.0. The van der Waals surface area contributed by atoms with E-state index in [1.165, 1.54) is 24.6 Å². The van der Waals surface area contributed by atoms with Crippen LogP contribution in [0.5, 0.6) is 0 Å². The summed E-state index contributed by atoms with van der Waals surface area (Å²) in [6, 6.07) is 4.09. The average Bonchev–Trinajstić information content (AvgIpc) is 2.99. The number of thioether (sulfide) groups is 1. The Bertz CT molecular complexity index is 718. The van der Waals surface area contributed by atoms with Gasteiger partial charge in [0.1, 0.15) is 0 Å². The molecule has 1 N–H and O–H groups in total. The highest BCUT2D eigenvalue weighted by atomic mass is 32.2. The molecule has 2 aromatic heterocycles. The van der Waals surface area contributed by atoms with Gasteiger partial charge in [-0.2, -0.15) is 0 Å². The number of nitrogens with zero attached hydrogens (tertiary/aromatic N) is 4. The molecule has 134 valence electrons. The van der Waals surface area contributed by atoms with Gasteiger partial charge in [0.05, 0.1) is 5.75 Å². The Morgan fingerprint density at radius 1 is 1.28 bits per heavy atom. The number of hydrogen-bond donors (Lipinski definition) is 1. The lowest BCUT2D eigenvalue weighted by molar-refractivity contribution is -0.120. The molecule has 1 aliphatic rings. The summed E-state index contributed by atoms with van der Waals surface area (Å²) in [5.74, 6) is 2.42. The maximum absolute atomic E-state index is 12.3. The first-order valence-electron chi connectivity index (χ1n) is 8.78. The second-order valence-corrected chi connectivity index (χ2v) is 7.77. The summed E-state index contributed by atoms with van der Waals surface area (Å²) >= 11 is 1.42. The third-order valence-electron chi connectivity index (χ3n) is 5.16. The fourth-order valence-corrected chi connectivity index (χ4v) is 4.08. The Morgan fingerprint density at radius 2 is 2.04 bits per heavy atom. The molecule has 3 rings (SSSR count). The molecule has 0 spiro atoms. The summed E-state index contributed by atoms with van der Waals surface area (Å²) in [6.45, 7) is 4.52. The van der Waals surface area contributed by atoms with Crippen molar-refractivity contribution in [3.8, 4) is 11.4 Å². The van der Waals surface area contributed by atoms with Gasteiger partial charge in [-0.3, -0.25) is 9.78 Å². The van der Waals surface area contributed by atoms with Gasteiger partial charge in [-0.15, -0.1) is 10.2 Å². The lowest BCUT2D eigenvalue weighted by Crippen LogP contribution is -2.44. The van der Waals surface area contributed by atoms with Gasteiger partial charge < -0.3 is 9.88 Å². The topological polar surface area (TPSA) is 72.7 Å². The predicted octanol–water partition coefficient (Wildman–Crippen LogP) is 2.91. The monoisotopic (exact) mass is 359 g/mol. The molecule has 1 fully saturated rings. The summed E-state index contributed by atoms with van der Waals surface area (Å²) in [4.78, 5) is 16.3. The Kier molecular flexibility index (Phi) is 5.73. The second-order valence-electron chi connectivity index (χ2n) is 6.83. The molecule has 0 unspecified atom stereocenters. The van der Waals surface area contributed by atoms with E-state index >= 15 is 0 Å². The van der Waals surface area contributed by atoms with Crippen molar-refractivity contribution in [1.82, 2.24) is 25.1 Å². The van der Waals surface area contributed by atoms with E-state index < -0.39 is 0 Å². The molecular formula is C18H25N5OS. The zero-order valence-corrected chi connectivity index (χ0v) is 15.8. The quantitative estimate of drug-likeness (QED) is 0.831. The molecule has 0 aromatic carbocycles. The summed E-state index contributed by atoms with van der Waals surface area (Å²) in [5, 5.41) is 12.4. The Hall–Kier alpha value is -1.89. The van der Waals surface area contributed by atoms with Gasteiger partial charge in [0.2, 0.25) is 5.91 Å². The Balaban J connectivity index is 1.57. The smallest absolute Gasteiger partial charge is 0.230 e. The van der Waals surface area contributed by atoms with Crippen LogP contribution in [0.2, 0.25) is 0 Å². The van der Waals surface area contributed by atoms with E-state index in [1.54, 1.807) is 12.4 Å². The first kappa shape index (κ1) is 17.9. The van der Waals surface area contributed by atoms with E-state index in [0.29, 0.717) is 23.6 Å². The van der Waals surface area contributed by atoms with Crippen LogP contribution in [-0.2, 0) is 11.8 Å². The average molecular weight is 359 g/mol. The number of rotatable bonds is 5. The largest absolute Gasteiger partial charge is 0.352 e. The minimum atomic E-state index is 0.0735. The number of nitrogens with one attached hydrogen (secondary N) is 1. The van der Waals surface area contributed by atoms with Crippen molar-refractivity contribution in [2.75, 3.05) is 5.75 Å². The molecule has 7 heteroatoms. The summed E-state index contributed by atoms with van der Waals surface area (Å²) in [5.41, 5.74) is 0.964. The maximum Gasteiger partial charge on any atom is 0.230 e. The van der Waals surface area contributed by atoms with Crippen molar-refractivity contribution in [3.05, 3.63) is 24.5 Å². The summed E-state index contributed by atoms with van der Waals surface area (Å²) in [6.07, 6.45) is 7.01. The first-order valence-corrected chi connectivity index (χ1v) is 9.76. The molecule has 0 radical (unpaired) electrons. The van der Waals surface area contributed by atoms with Crippen LogP contribution in [0.3, 0.4) is 0 Å². The number of amides is 1. The second kappa shape index (κ2) is 7.99. The SMILES string of the molecule is C[C@H]1[C@@H](NC(=O)CSc2nnc(-c3ccncc3)n2C)CCC[C@@H]1C. The van der Waals surface area contributed by atoms with E-state index in [0.717, 1.165) is 23.0 Å². The number of carbonyl (C=O) groups is 1. The zero-order chi connectivity index (χ0) is 17.8. The molecule has 1 aliphatic carbocycles. The lowest BCUT2D eigenvalue weighted by Gasteiger charge is -2.34. The van der Waals surface area contributed by atoms with Crippen molar-refractivity contribution in [2.24, 2.45) is 18.9 Å². The highest BCUT2D eigenvalue weighted by molar-refractivity contribution is 7.99. The van der Waals surface area contributed by atoms with E-state index in [1.807, 2.05) is 23.7 Å². The minimum Gasteiger partial charge on any atom is -0.352 e. The highest BCUT2D eigenvalue weighted by Gasteiger charge is 2.28. The predicted molar refractivity (Wildman–Crippen MR) is 99.1 cm³/mol. The third-order valence-corrected chi connectivity index (χ3v) is 6.18. The summed E-state index contributed by atoms with van der Waals surface area (Å²) < 4.78 is 1.92. The standard InChI is InChI=1S/C18H25N5OS/c1-12-5-4-6-15(13(12)2)20-16(24)11-25-18-22-21-17(23(18)3)14-7-9-19-10-8-14/h7-10,12-13,15H,4-6,11H2,1-3H3,(H,20,24)/t12-,13+,15-/m0/s1. The molecule has 1 amide bonds. The van der Waals surface area contributed by atoms with Crippen molar-refractivity contribution in [3.63, 3.8) is 0 Å². The van der Waals surface area contributed by atoms with Gasteiger partial charge in [-0.1, -0.05) is 38.5 Å². The van der Waals surface area contributed by atoms with Gasteiger partial charge in [0, 0.05) is 31.0 Å². The van der Waals surface area contributed by atoms with Gasteiger partial charge in [-0.25, -0.2) is 0 Å². The van der Waals surface area contributed by atoms with Crippen molar-refractivity contribution in [2.45, 2.75) is 44.3 Å². The lowest BCUT2D eigenvalue weighted by atomic mass is 9.78. The van der Waals surface area contributed by atoms with Gasteiger partial charge in [-0.05, 0) is 30.4 Å². The van der Waals surface area contributed by atoms with Crippen LogP contribution in [0.1, 0.15) is 33.1 Å². The van der Waals surface area contributed by atoms with Gasteiger partial charge in [0.15, 0.2) is 11.0 Å². The Morgan fingerprint density at radius 3 is 2.80 bits per heavy atom. The van der Waals surface area contributed by atoms with Crippen LogP contribution in [-0.4, -0.2) is 37.5 Å². The van der Waals surface area contributed by atoms with Gasteiger partial charge in [0.25, 0.3) is 0 Å². The van der Waals surface area contributed by atoms with Crippen LogP contribution >= 0.6 is 11.8 Å². The molecule has 0 saturated heterocycles. The van der Waals surface area contributed by atoms with Crippen molar-refractivity contribution < 1.29 is 4.79 Å². The number of carbonyl (C=O) groups excluding carboxylic acids is 1. The van der Waals surface area contributed by atoms with E-state index in [-0.39, 0.29) is 5.91 Å². The molecule has 2 heterocycles. The van der Waals surface area contributed by atoms with E-state index in [2.05, 4.69) is 34.3 Å². The maximum atomic E-state index is 12.3. The van der Waals surface area contributed by atoms with E-state index in [4.69, 9.17) is 0 Å². The Labute approximate surface area is 152 Å². The van der Waals surface area contributed by atoms with Crippen LogP contribution in [0, 0.1) is 11.8 Å². The molecule has 3 atom stereocenters. The van der Waals surface area contributed by atoms with Crippen LogP contribution in [0.15, 0.2) is 29.7 Å². The van der Waals surface area contributed by atoms with Crippen molar-refractivity contribution >= 4 is 17.7 Å². The molecule has 0 bridgehead atoms. The molecule has 6 nitrogen and oxygen atoms in total. The van der Waals surface area contributed by atoms with Crippen LogP contribution in [0.25, 0.3) is 11.4 Å². The number of hydrogen-bond acceptors (Lipinski definition) is 5. The molecule has 1 saturated carbocycles. The fourth-order valence-electron chi connectivity index (χ4n) is 3.36. The number of aromatic nitrogens is 4. The van der Waals surface area contributed by atoms with Crippen molar-refractivity contribution in [1.29, 1.82) is 0 Å². The molecule has 25 heavy (non-hydrogen) atoms. The first-order chi connectivity index (χ1) is 12.1. The normalized spacial score (nSPS) is 23.4. The fraction of sp³-hybridized carbons (Fsp3) is 0.556. The molecule has 2 aromatic rings. The minimum absolute atomic E-state index is 0.0735. The van der Waals surface area contributed by atoms with Crippen LogP contribution < -0.4 is 5.32 Å². The third kappa shape index (κ3) is 4.21. The number of pyridine rings is 1. The van der Waals surface area contributed by atoms with Crippen LogP contribution in [0.4, 0.5) is 0 Å². The highest BCUT2D eigenvalue weighted by Crippen LogP contribution is 2.29. The molecular weight excluding hydrogens is 334 g/mol. The van der Waals surface area contributed by atoms with Gasteiger partial charge >= 0.3 is 0 Å². The summed E-state index contributed by atoms with van der Waals surface area (Å²) in [7, 11) is 1.92.